The van der Waals surface area contributed by atoms with Gasteiger partial charge in [-0.2, -0.15) is 0 Å². The van der Waals surface area contributed by atoms with Gasteiger partial charge in [0.2, 0.25) is 0 Å². The summed E-state index contributed by atoms with van der Waals surface area (Å²) < 4.78 is 18.5. The van der Waals surface area contributed by atoms with Crippen LogP contribution in [0.3, 0.4) is 0 Å². The fourth-order valence-electron chi connectivity index (χ4n) is 1.63. The van der Waals surface area contributed by atoms with Crippen LogP contribution in [0, 0.1) is 5.82 Å². The van der Waals surface area contributed by atoms with E-state index in [-0.39, 0.29) is 11.3 Å². The van der Waals surface area contributed by atoms with E-state index in [0.717, 1.165) is 0 Å². The molecule has 0 amide bonds. The van der Waals surface area contributed by atoms with Crippen molar-refractivity contribution in [3.8, 4) is 5.75 Å². The molecular formula is C12H9FO3. The summed E-state index contributed by atoms with van der Waals surface area (Å²) in [6.07, 6.45) is 0. The van der Waals surface area contributed by atoms with Crippen molar-refractivity contribution in [3.63, 3.8) is 0 Å². The van der Waals surface area contributed by atoms with Crippen LogP contribution in [-0.2, 0) is 0 Å². The van der Waals surface area contributed by atoms with Gasteiger partial charge in [0.05, 0.1) is 18.1 Å². The van der Waals surface area contributed by atoms with Crippen molar-refractivity contribution in [3.05, 3.63) is 41.7 Å². The number of rotatable bonds is 2. The van der Waals surface area contributed by atoms with Crippen LogP contribution in [0.1, 0.15) is 10.4 Å². The summed E-state index contributed by atoms with van der Waals surface area (Å²) in [7, 11) is 1.38. The molecular weight excluding hydrogens is 211 g/mol. The molecule has 0 aliphatic rings. The Hall–Kier alpha value is -2.10. The Labute approximate surface area is 91.1 Å². The SMILES string of the molecule is COc1cc(C(=O)O)cc2cccc(F)c12. The number of methoxy groups -OCH3 is 1. The Balaban J connectivity index is 2.84. The van der Waals surface area contributed by atoms with Crippen LogP contribution in [0.2, 0.25) is 0 Å². The zero-order valence-corrected chi connectivity index (χ0v) is 8.53. The quantitative estimate of drug-likeness (QED) is 0.846. The number of benzene rings is 2. The van der Waals surface area contributed by atoms with Gasteiger partial charge in [0.1, 0.15) is 11.6 Å². The molecule has 0 atom stereocenters. The summed E-state index contributed by atoms with van der Waals surface area (Å²) in [4.78, 5) is 10.8. The Morgan fingerprint density at radius 3 is 2.75 bits per heavy atom. The number of aromatic carboxylic acids is 1. The van der Waals surface area contributed by atoms with E-state index in [1.807, 2.05) is 0 Å². The van der Waals surface area contributed by atoms with Gasteiger partial charge >= 0.3 is 5.97 Å². The van der Waals surface area contributed by atoms with Crippen molar-refractivity contribution in [2.24, 2.45) is 0 Å². The Morgan fingerprint density at radius 1 is 1.38 bits per heavy atom. The van der Waals surface area contributed by atoms with Gasteiger partial charge < -0.3 is 9.84 Å². The Bertz CT molecular complexity index is 563. The average Bonchev–Trinajstić information content (AvgIpc) is 2.27. The van der Waals surface area contributed by atoms with Gasteiger partial charge in [-0.15, -0.1) is 0 Å². The second kappa shape index (κ2) is 3.81. The molecule has 0 aliphatic carbocycles. The molecule has 0 aliphatic heterocycles. The van der Waals surface area contributed by atoms with Crippen molar-refractivity contribution in [2.75, 3.05) is 7.11 Å². The topological polar surface area (TPSA) is 46.5 Å². The lowest BCUT2D eigenvalue weighted by molar-refractivity contribution is 0.0696. The number of hydrogen-bond acceptors (Lipinski definition) is 2. The van der Waals surface area contributed by atoms with Gasteiger partial charge in [-0.05, 0) is 23.6 Å². The molecule has 0 saturated heterocycles. The normalized spacial score (nSPS) is 10.4. The summed E-state index contributed by atoms with van der Waals surface area (Å²) in [5.41, 5.74) is 0.0787. The third-order valence-corrected chi connectivity index (χ3v) is 2.36. The lowest BCUT2D eigenvalue weighted by atomic mass is 10.1. The van der Waals surface area contributed by atoms with E-state index in [0.29, 0.717) is 10.8 Å². The molecule has 0 spiro atoms. The standard InChI is InChI=1S/C12H9FO3/c1-16-10-6-8(12(14)15)5-7-3-2-4-9(13)11(7)10/h2-6H,1H3,(H,14,15). The molecule has 2 aromatic carbocycles. The summed E-state index contributed by atoms with van der Waals surface area (Å²) in [6.45, 7) is 0. The predicted octanol–water partition coefficient (Wildman–Crippen LogP) is 2.69. The highest BCUT2D eigenvalue weighted by Gasteiger charge is 2.12. The third-order valence-electron chi connectivity index (χ3n) is 2.36. The van der Waals surface area contributed by atoms with Gasteiger partial charge in [-0.1, -0.05) is 12.1 Å². The maximum absolute atomic E-state index is 13.5. The first-order valence-corrected chi connectivity index (χ1v) is 4.63. The fraction of sp³-hybridized carbons (Fsp3) is 0.0833. The van der Waals surface area contributed by atoms with Gasteiger partial charge in [0.15, 0.2) is 0 Å². The number of carboxylic acids is 1. The molecule has 4 heteroatoms. The summed E-state index contributed by atoms with van der Waals surface area (Å²) in [5.74, 6) is -1.26. The van der Waals surface area contributed by atoms with E-state index in [1.54, 1.807) is 6.07 Å². The molecule has 0 saturated carbocycles. The maximum Gasteiger partial charge on any atom is 0.335 e. The molecule has 0 bridgehead atoms. The monoisotopic (exact) mass is 220 g/mol. The molecule has 82 valence electrons. The fourth-order valence-corrected chi connectivity index (χ4v) is 1.63. The van der Waals surface area contributed by atoms with Gasteiger partial charge in [-0.25, -0.2) is 9.18 Å². The largest absolute Gasteiger partial charge is 0.496 e. The average molecular weight is 220 g/mol. The van der Waals surface area contributed by atoms with Gasteiger partial charge in [0.25, 0.3) is 0 Å². The van der Waals surface area contributed by atoms with Gasteiger partial charge in [0, 0.05) is 0 Å². The predicted molar refractivity (Wildman–Crippen MR) is 57.4 cm³/mol. The summed E-state index contributed by atoms with van der Waals surface area (Å²) in [6, 6.07) is 7.22. The molecule has 0 unspecified atom stereocenters. The van der Waals surface area contributed by atoms with Crippen LogP contribution >= 0.6 is 0 Å². The van der Waals surface area contributed by atoms with E-state index in [4.69, 9.17) is 9.84 Å². The zero-order chi connectivity index (χ0) is 11.7. The summed E-state index contributed by atoms with van der Waals surface area (Å²) >= 11 is 0. The molecule has 3 nitrogen and oxygen atoms in total. The number of ether oxygens (including phenoxy) is 1. The lowest BCUT2D eigenvalue weighted by Crippen LogP contribution is -1.98. The number of halogens is 1. The van der Waals surface area contributed by atoms with E-state index >= 15 is 0 Å². The van der Waals surface area contributed by atoms with E-state index in [9.17, 15) is 9.18 Å². The van der Waals surface area contributed by atoms with Crippen LogP contribution in [0.5, 0.6) is 5.75 Å². The van der Waals surface area contributed by atoms with Crippen LogP contribution < -0.4 is 4.74 Å². The maximum atomic E-state index is 13.5. The first-order chi connectivity index (χ1) is 7.63. The van der Waals surface area contributed by atoms with E-state index < -0.39 is 11.8 Å². The van der Waals surface area contributed by atoms with Crippen molar-refractivity contribution < 1.29 is 19.0 Å². The second-order valence-corrected chi connectivity index (χ2v) is 3.32. The smallest absolute Gasteiger partial charge is 0.335 e. The number of carbonyl (C=O) groups is 1. The van der Waals surface area contributed by atoms with Crippen LogP contribution in [-0.4, -0.2) is 18.2 Å². The van der Waals surface area contributed by atoms with Crippen LogP contribution in [0.25, 0.3) is 10.8 Å². The minimum atomic E-state index is -1.07. The molecule has 0 fully saturated rings. The number of carboxylic acid groups (broad SMARTS) is 1. The first kappa shape index (κ1) is 10.4. The summed E-state index contributed by atoms with van der Waals surface area (Å²) in [5, 5.41) is 9.70. The van der Waals surface area contributed by atoms with Crippen molar-refractivity contribution in [2.45, 2.75) is 0 Å². The minimum Gasteiger partial charge on any atom is -0.496 e. The van der Waals surface area contributed by atoms with Crippen LogP contribution in [0.4, 0.5) is 4.39 Å². The van der Waals surface area contributed by atoms with Crippen molar-refractivity contribution in [1.29, 1.82) is 0 Å². The highest BCUT2D eigenvalue weighted by atomic mass is 19.1. The molecule has 16 heavy (non-hydrogen) atoms. The van der Waals surface area contributed by atoms with Gasteiger partial charge in [-0.3, -0.25) is 0 Å². The highest BCUT2D eigenvalue weighted by Crippen LogP contribution is 2.29. The van der Waals surface area contributed by atoms with Crippen LogP contribution in [0.15, 0.2) is 30.3 Å². The van der Waals surface area contributed by atoms with Crippen molar-refractivity contribution >= 4 is 16.7 Å². The number of fused-ring (bicyclic) bond motifs is 1. The minimum absolute atomic E-state index is 0.0787. The highest BCUT2D eigenvalue weighted by molar-refractivity contribution is 5.97. The molecule has 0 heterocycles. The number of hydrogen-bond donors (Lipinski definition) is 1. The van der Waals surface area contributed by atoms with E-state index in [1.165, 1.54) is 31.4 Å². The second-order valence-electron chi connectivity index (χ2n) is 3.32. The third kappa shape index (κ3) is 1.58. The van der Waals surface area contributed by atoms with Crippen molar-refractivity contribution in [1.82, 2.24) is 0 Å². The molecule has 1 N–H and O–H groups in total. The molecule has 2 aromatic rings. The lowest BCUT2D eigenvalue weighted by Gasteiger charge is -2.07. The molecule has 0 aromatic heterocycles. The Morgan fingerprint density at radius 2 is 2.12 bits per heavy atom. The molecule has 0 radical (unpaired) electrons. The first-order valence-electron chi connectivity index (χ1n) is 4.63. The van der Waals surface area contributed by atoms with E-state index in [2.05, 4.69) is 0 Å². The molecule has 2 rings (SSSR count). The zero-order valence-electron chi connectivity index (χ0n) is 8.53. The Kier molecular flexibility index (Phi) is 2.48.